The second-order valence-corrected chi connectivity index (χ2v) is 7.31. The summed E-state index contributed by atoms with van der Waals surface area (Å²) in [6.07, 6.45) is 9.57. The molecule has 1 fully saturated rings. The number of rotatable bonds is 5. The van der Waals surface area contributed by atoms with E-state index in [9.17, 15) is 9.90 Å². The van der Waals surface area contributed by atoms with Gasteiger partial charge in [-0.25, -0.2) is 9.67 Å². The van der Waals surface area contributed by atoms with E-state index in [0.717, 1.165) is 29.7 Å². The molecule has 1 aliphatic heterocycles. The highest BCUT2D eigenvalue weighted by molar-refractivity contribution is 5.95. The Labute approximate surface area is 156 Å². The number of carbonyl (C=O) groups is 1. The van der Waals surface area contributed by atoms with Gasteiger partial charge in [-0.3, -0.25) is 9.78 Å². The summed E-state index contributed by atoms with van der Waals surface area (Å²) < 4.78 is 7.09. The number of nitrogens with one attached hydrogen (secondary N) is 1. The summed E-state index contributed by atoms with van der Waals surface area (Å²) in [6.45, 7) is 0.982. The van der Waals surface area contributed by atoms with Crippen molar-refractivity contribution >= 4 is 5.91 Å². The van der Waals surface area contributed by atoms with Gasteiger partial charge in [0.25, 0.3) is 5.91 Å². The van der Waals surface area contributed by atoms with Gasteiger partial charge < -0.3 is 15.2 Å². The fourth-order valence-corrected chi connectivity index (χ4v) is 4.21. The van der Waals surface area contributed by atoms with Crippen molar-refractivity contribution < 1.29 is 14.6 Å². The Morgan fingerprint density at radius 3 is 3.11 bits per heavy atom. The number of fused-ring (bicyclic) bond motifs is 3. The minimum absolute atomic E-state index is 0.143. The molecule has 0 bridgehead atoms. The van der Waals surface area contributed by atoms with Gasteiger partial charge in [-0.05, 0) is 30.8 Å². The molecule has 2 aromatic heterocycles. The van der Waals surface area contributed by atoms with Gasteiger partial charge in [0.1, 0.15) is 0 Å². The van der Waals surface area contributed by atoms with Crippen LogP contribution in [0.5, 0.6) is 0 Å². The fraction of sp³-hybridized carbons (Fsp3) is 0.474. The van der Waals surface area contributed by atoms with Crippen LogP contribution in [0.25, 0.3) is 5.82 Å². The average molecular weight is 367 g/mol. The summed E-state index contributed by atoms with van der Waals surface area (Å²) in [5.74, 6) is 1.45. The van der Waals surface area contributed by atoms with Crippen molar-refractivity contribution in [3.05, 3.63) is 47.2 Å². The van der Waals surface area contributed by atoms with Crippen molar-refractivity contribution in [2.45, 2.75) is 31.2 Å². The SMILES string of the molecule is O=C(NC(CO)C1=CCOCC1)c1nn(-c2cnccn2)c2c1CC1CC21. The number of aliphatic hydroxyl groups excluding tert-OH is 1. The summed E-state index contributed by atoms with van der Waals surface area (Å²) in [5, 5.41) is 17.3. The zero-order chi connectivity index (χ0) is 18.4. The van der Waals surface area contributed by atoms with Gasteiger partial charge >= 0.3 is 0 Å². The first-order chi connectivity index (χ1) is 13.3. The number of ether oxygens (including phenoxy) is 1. The van der Waals surface area contributed by atoms with Gasteiger partial charge in [-0.2, -0.15) is 5.10 Å². The van der Waals surface area contributed by atoms with Crippen molar-refractivity contribution in [1.82, 2.24) is 25.1 Å². The number of amides is 1. The second-order valence-electron chi connectivity index (χ2n) is 7.31. The van der Waals surface area contributed by atoms with E-state index in [0.29, 0.717) is 43.0 Å². The van der Waals surface area contributed by atoms with Crippen LogP contribution >= 0.6 is 0 Å². The average Bonchev–Trinajstić information content (AvgIpc) is 3.22. The Hall–Kier alpha value is -2.58. The van der Waals surface area contributed by atoms with Crippen LogP contribution in [0.2, 0.25) is 0 Å². The Morgan fingerprint density at radius 2 is 2.37 bits per heavy atom. The first-order valence-corrected chi connectivity index (χ1v) is 9.33. The highest BCUT2D eigenvalue weighted by atomic mass is 16.5. The molecule has 2 aromatic rings. The Kier molecular flexibility index (Phi) is 4.02. The number of nitrogens with zero attached hydrogens (tertiary/aromatic N) is 4. The molecule has 2 N–H and O–H groups in total. The van der Waals surface area contributed by atoms with E-state index >= 15 is 0 Å². The number of hydrogen-bond acceptors (Lipinski definition) is 6. The van der Waals surface area contributed by atoms with Crippen LogP contribution in [0.4, 0.5) is 0 Å². The summed E-state index contributed by atoms with van der Waals surface area (Å²) in [7, 11) is 0. The topological polar surface area (TPSA) is 102 Å². The molecule has 0 radical (unpaired) electrons. The molecule has 0 spiro atoms. The van der Waals surface area contributed by atoms with Crippen LogP contribution in [0.1, 0.15) is 40.5 Å². The maximum absolute atomic E-state index is 13.0. The highest BCUT2D eigenvalue weighted by Gasteiger charge is 2.50. The van der Waals surface area contributed by atoms with Crippen LogP contribution in [0, 0.1) is 5.92 Å². The number of aliphatic hydroxyl groups is 1. The molecule has 0 aromatic carbocycles. The van der Waals surface area contributed by atoms with Crippen LogP contribution in [-0.2, 0) is 11.2 Å². The Bertz CT molecular complexity index is 908. The van der Waals surface area contributed by atoms with Crippen LogP contribution in [-0.4, -0.2) is 56.6 Å². The molecule has 3 atom stereocenters. The number of hydrogen-bond donors (Lipinski definition) is 2. The lowest BCUT2D eigenvalue weighted by Crippen LogP contribution is -2.40. The van der Waals surface area contributed by atoms with Crippen molar-refractivity contribution in [2.24, 2.45) is 5.92 Å². The van der Waals surface area contributed by atoms with Gasteiger partial charge in [-0.15, -0.1) is 0 Å². The van der Waals surface area contributed by atoms with Gasteiger partial charge in [0, 0.05) is 23.9 Å². The van der Waals surface area contributed by atoms with Gasteiger partial charge in [0.05, 0.1) is 37.8 Å². The zero-order valence-corrected chi connectivity index (χ0v) is 14.8. The summed E-state index contributed by atoms with van der Waals surface area (Å²) in [5.41, 5.74) is 3.55. The van der Waals surface area contributed by atoms with E-state index in [2.05, 4.69) is 20.4 Å². The molecule has 1 amide bonds. The lowest BCUT2D eigenvalue weighted by Gasteiger charge is -2.22. The largest absolute Gasteiger partial charge is 0.394 e. The third-order valence-electron chi connectivity index (χ3n) is 5.68. The third kappa shape index (κ3) is 2.85. The van der Waals surface area contributed by atoms with Gasteiger partial charge in [0.15, 0.2) is 11.5 Å². The maximum atomic E-state index is 13.0. The maximum Gasteiger partial charge on any atom is 0.272 e. The summed E-state index contributed by atoms with van der Waals surface area (Å²) in [4.78, 5) is 21.5. The van der Waals surface area contributed by atoms with Crippen LogP contribution < -0.4 is 5.32 Å². The van der Waals surface area contributed by atoms with Gasteiger partial charge in [0.2, 0.25) is 0 Å². The van der Waals surface area contributed by atoms with E-state index in [1.807, 2.05) is 6.08 Å². The number of aromatic nitrogens is 4. The van der Waals surface area contributed by atoms with E-state index in [1.54, 1.807) is 23.3 Å². The smallest absolute Gasteiger partial charge is 0.272 e. The summed E-state index contributed by atoms with van der Waals surface area (Å²) in [6, 6.07) is -0.408. The summed E-state index contributed by atoms with van der Waals surface area (Å²) >= 11 is 0. The molecule has 8 heteroatoms. The minimum Gasteiger partial charge on any atom is -0.394 e. The molecule has 8 nitrogen and oxygen atoms in total. The normalized spacial score (nSPS) is 24.0. The van der Waals surface area contributed by atoms with Gasteiger partial charge in [-0.1, -0.05) is 6.08 Å². The first-order valence-electron chi connectivity index (χ1n) is 9.33. The van der Waals surface area contributed by atoms with Crippen molar-refractivity contribution in [2.75, 3.05) is 19.8 Å². The van der Waals surface area contributed by atoms with Crippen molar-refractivity contribution in [3.8, 4) is 5.82 Å². The molecule has 5 rings (SSSR count). The molecule has 140 valence electrons. The van der Waals surface area contributed by atoms with Crippen LogP contribution in [0.15, 0.2) is 30.2 Å². The predicted octanol–water partition coefficient (Wildman–Crippen LogP) is 0.759. The minimum atomic E-state index is -0.408. The second kappa shape index (κ2) is 6.54. The lowest BCUT2D eigenvalue weighted by atomic mass is 10.0. The molecular weight excluding hydrogens is 346 g/mol. The lowest BCUT2D eigenvalue weighted by molar-refractivity contribution is 0.0911. The Balaban J connectivity index is 1.46. The molecule has 0 saturated heterocycles. The predicted molar refractivity (Wildman–Crippen MR) is 95.6 cm³/mol. The standard InChI is InChI=1S/C19H21N5O3/c25-10-15(11-1-5-27-6-2-11)22-19(26)17-14-8-12-7-13(12)18(14)24(23-17)16-9-20-3-4-21-16/h1,3-4,9,12-13,15,25H,2,5-8,10H2,(H,22,26). The fourth-order valence-electron chi connectivity index (χ4n) is 4.21. The quantitative estimate of drug-likeness (QED) is 0.757. The van der Waals surface area contributed by atoms with Crippen molar-refractivity contribution in [1.29, 1.82) is 0 Å². The zero-order valence-electron chi connectivity index (χ0n) is 14.8. The molecule has 3 heterocycles. The van der Waals surface area contributed by atoms with Crippen LogP contribution in [0.3, 0.4) is 0 Å². The molecule has 3 unspecified atom stereocenters. The van der Waals surface area contributed by atoms with E-state index < -0.39 is 6.04 Å². The van der Waals surface area contributed by atoms with Crippen molar-refractivity contribution in [3.63, 3.8) is 0 Å². The molecule has 3 aliphatic rings. The molecule has 1 saturated carbocycles. The Morgan fingerprint density at radius 1 is 1.44 bits per heavy atom. The van der Waals surface area contributed by atoms with E-state index in [1.165, 1.54) is 0 Å². The third-order valence-corrected chi connectivity index (χ3v) is 5.68. The van der Waals surface area contributed by atoms with E-state index in [-0.39, 0.29) is 12.5 Å². The number of carbonyl (C=O) groups excluding carboxylic acids is 1. The first kappa shape index (κ1) is 16.6. The molecule has 27 heavy (non-hydrogen) atoms. The van der Waals surface area contributed by atoms with E-state index in [4.69, 9.17) is 4.74 Å². The molecule has 2 aliphatic carbocycles. The molecular formula is C19H21N5O3. The highest BCUT2D eigenvalue weighted by Crippen LogP contribution is 2.57. The monoisotopic (exact) mass is 367 g/mol.